The zero-order chi connectivity index (χ0) is 20.3. The molecule has 0 aliphatic rings. The molecular weight excluding hydrogens is 387 g/mol. The molecule has 3 aromatic rings. The van der Waals surface area contributed by atoms with E-state index in [1.165, 1.54) is 23.5 Å². The normalized spacial score (nSPS) is 11.3. The van der Waals surface area contributed by atoms with Gasteiger partial charge in [0.25, 0.3) is 5.91 Å². The number of anilines is 1. The Bertz CT molecular complexity index is 978. The van der Waals surface area contributed by atoms with E-state index in [2.05, 4.69) is 5.32 Å². The highest BCUT2D eigenvalue weighted by atomic mass is 32.1. The molecule has 1 amide bonds. The number of thiophene rings is 1. The molecule has 2 aromatic carbocycles. The number of carbonyl (C=O) groups is 1. The van der Waals surface area contributed by atoms with Gasteiger partial charge in [0.2, 0.25) is 0 Å². The van der Waals surface area contributed by atoms with Crippen LogP contribution in [0.1, 0.15) is 31.9 Å². The zero-order valence-corrected chi connectivity index (χ0v) is 16.1. The Hall–Kier alpha value is -2.80. The fraction of sp³-hybridized carbons (Fsp3) is 0.190. The first-order chi connectivity index (χ1) is 13.2. The minimum Gasteiger partial charge on any atom is -0.489 e. The predicted molar refractivity (Wildman–Crippen MR) is 104 cm³/mol. The monoisotopic (exact) mass is 405 g/mol. The Kier molecular flexibility index (Phi) is 5.74. The van der Waals surface area contributed by atoms with Crippen molar-refractivity contribution in [2.75, 3.05) is 5.32 Å². The van der Waals surface area contributed by atoms with Crippen molar-refractivity contribution in [2.45, 2.75) is 26.6 Å². The van der Waals surface area contributed by atoms with Gasteiger partial charge in [-0.25, -0.2) is 0 Å². The third-order valence-corrected chi connectivity index (χ3v) is 5.06. The van der Waals surface area contributed by atoms with Gasteiger partial charge in [0, 0.05) is 11.3 Å². The number of rotatable bonds is 5. The van der Waals surface area contributed by atoms with Crippen LogP contribution in [0.2, 0.25) is 0 Å². The van der Waals surface area contributed by atoms with Crippen LogP contribution >= 0.6 is 11.3 Å². The van der Waals surface area contributed by atoms with Crippen LogP contribution in [0.25, 0.3) is 0 Å². The lowest BCUT2D eigenvalue weighted by molar-refractivity contribution is -0.137. The van der Waals surface area contributed by atoms with Crippen molar-refractivity contribution in [3.63, 3.8) is 0 Å². The smallest absolute Gasteiger partial charge is 0.416 e. The van der Waals surface area contributed by atoms with Crippen molar-refractivity contribution < 1.29 is 22.7 Å². The lowest BCUT2D eigenvalue weighted by Gasteiger charge is -2.09. The van der Waals surface area contributed by atoms with Crippen LogP contribution in [0, 0.1) is 13.8 Å². The van der Waals surface area contributed by atoms with Crippen LogP contribution in [0.4, 0.5) is 18.9 Å². The minimum atomic E-state index is -4.40. The van der Waals surface area contributed by atoms with Gasteiger partial charge < -0.3 is 10.1 Å². The fourth-order valence-electron chi connectivity index (χ4n) is 2.53. The summed E-state index contributed by atoms with van der Waals surface area (Å²) in [6.45, 7) is 4.28. The molecule has 1 aromatic heterocycles. The van der Waals surface area contributed by atoms with Gasteiger partial charge in [-0.05, 0) is 66.8 Å². The number of ether oxygens (including phenoxy) is 1. The van der Waals surface area contributed by atoms with Crippen LogP contribution in [-0.4, -0.2) is 5.91 Å². The number of nitrogens with one attached hydrogen (secondary N) is 1. The number of hydrogen-bond acceptors (Lipinski definition) is 3. The van der Waals surface area contributed by atoms with E-state index in [1.807, 2.05) is 37.4 Å². The summed E-state index contributed by atoms with van der Waals surface area (Å²) >= 11 is 1.25. The van der Waals surface area contributed by atoms with Crippen LogP contribution in [0.3, 0.4) is 0 Å². The molecule has 28 heavy (non-hydrogen) atoms. The first-order valence-corrected chi connectivity index (χ1v) is 9.36. The Morgan fingerprint density at radius 1 is 1.07 bits per heavy atom. The summed E-state index contributed by atoms with van der Waals surface area (Å²) in [4.78, 5) is 12.8. The fourth-order valence-corrected chi connectivity index (χ4v) is 3.32. The first kappa shape index (κ1) is 19.9. The van der Waals surface area contributed by atoms with Crippen LogP contribution in [0.5, 0.6) is 5.75 Å². The SMILES string of the molecule is Cc1ccc(C)c(OCc2csc(C(=O)Nc3ccc(C(F)(F)F)cc3)c2)c1. The second-order valence-corrected chi connectivity index (χ2v) is 7.32. The summed E-state index contributed by atoms with van der Waals surface area (Å²) in [5.41, 5.74) is 2.53. The van der Waals surface area contributed by atoms with Gasteiger partial charge in [0.1, 0.15) is 12.4 Å². The number of carbonyl (C=O) groups excluding carboxylic acids is 1. The van der Waals surface area contributed by atoms with Crippen molar-refractivity contribution >= 4 is 22.9 Å². The van der Waals surface area contributed by atoms with E-state index in [4.69, 9.17) is 4.74 Å². The third kappa shape index (κ3) is 4.92. The topological polar surface area (TPSA) is 38.3 Å². The molecule has 0 atom stereocenters. The molecule has 0 unspecified atom stereocenters. The van der Waals surface area contributed by atoms with E-state index in [-0.39, 0.29) is 5.91 Å². The van der Waals surface area contributed by atoms with Gasteiger partial charge in [-0.3, -0.25) is 4.79 Å². The van der Waals surface area contributed by atoms with E-state index in [1.54, 1.807) is 6.07 Å². The zero-order valence-electron chi connectivity index (χ0n) is 15.3. The molecule has 3 rings (SSSR count). The molecule has 0 saturated heterocycles. The summed E-state index contributed by atoms with van der Waals surface area (Å²) in [5.74, 6) is 0.421. The average molecular weight is 405 g/mol. The summed E-state index contributed by atoms with van der Waals surface area (Å²) < 4.78 is 43.6. The highest BCUT2D eigenvalue weighted by molar-refractivity contribution is 7.12. The minimum absolute atomic E-state index is 0.305. The van der Waals surface area contributed by atoms with Crippen LogP contribution in [-0.2, 0) is 12.8 Å². The molecule has 0 fully saturated rings. The third-order valence-electron chi connectivity index (χ3n) is 4.09. The molecule has 7 heteroatoms. The molecule has 146 valence electrons. The maximum Gasteiger partial charge on any atom is 0.416 e. The Morgan fingerprint density at radius 3 is 2.46 bits per heavy atom. The molecule has 0 saturated carbocycles. The van der Waals surface area contributed by atoms with Gasteiger partial charge in [-0.2, -0.15) is 13.2 Å². The molecule has 0 aliphatic carbocycles. The van der Waals surface area contributed by atoms with Crippen LogP contribution in [0.15, 0.2) is 53.9 Å². The second kappa shape index (κ2) is 8.06. The number of benzene rings is 2. The highest BCUT2D eigenvalue weighted by Crippen LogP contribution is 2.30. The van der Waals surface area contributed by atoms with Gasteiger partial charge in [0.05, 0.1) is 10.4 Å². The van der Waals surface area contributed by atoms with Crippen molar-refractivity contribution in [3.8, 4) is 5.75 Å². The van der Waals surface area contributed by atoms with E-state index in [0.29, 0.717) is 17.2 Å². The van der Waals surface area contributed by atoms with Gasteiger partial charge >= 0.3 is 6.18 Å². The maximum atomic E-state index is 12.6. The molecule has 0 spiro atoms. The summed E-state index contributed by atoms with van der Waals surface area (Å²) in [6, 6.07) is 12.0. The van der Waals surface area contributed by atoms with Gasteiger partial charge in [-0.1, -0.05) is 12.1 Å². The van der Waals surface area contributed by atoms with Gasteiger partial charge in [-0.15, -0.1) is 11.3 Å². The summed E-state index contributed by atoms with van der Waals surface area (Å²) in [7, 11) is 0. The number of aryl methyl sites for hydroxylation is 2. The molecular formula is C21H18F3NO2S. The van der Waals surface area contributed by atoms with Crippen molar-refractivity contribution in [1.82, 2.24) is 0 Å². The number of hydrogen-bond donors (Lipinski definition) is 1. The van der Waals surface area contributed by atoms with E-state index >= 15 is 0 Å². The van der Waals surface area contributed by atoms with Crippen molar-refractivity contribution in [3.05, 3.63) is 81.0 Å². The lowest BCUT2D eigenvalue weighted by Crippen LogP contribution is -2.11. The second-order valence-electron chi connectivity index (χ2n) is 6.41. The standard InChI is InChI=1S/C21H18F3NO2S/c1-13-3-4-14(2)18(9-13)27-11-15-10-19(28-12-15)20(26)25-17-7-5-16(6-8-17)21(22,23)24/h3-10,12H,11H2,1-2H3,(H,25,26). The summed E-state index contributed by atoms with van der Waals surface area (Å²) in [6.07, 6.45) is -4.40. The number of halogens is 3. The van der Waals surface area contributed by atoms with E-state index in [9.17, 15) is 18.0 Å². The van der Waals surface area contributed by atoms with Crippen molar-refractivity contribution in [1.29, 1.82) is 0 Å². The Labute approximate surface area is 164 Å². The molecule has 0 aliphatic heterocycles. The number of alkyl halides is 3. The molecule has 3 nitrogen and oxygen atoms in total. The van der Waals surface area contributed by atoms with E-state index < -0.39 is 11.7 Å². The van der Waals surface area contributed by atoms with Gasteiger partial charge in [0.15, 0.2) is 0 Å². The van der Waals surface area contributed by atoms with Crippen LogP contribution < -0.4 is 10.1 Å². The molecule has 0 radical (unpaired) electrons. The average Bonchev–Trinajstić information content (AvgIpc) is 3.11. The maximum absolute atomic E-state index is 12.6. The number of amides is 1. The quantitative estimate of drug-likeness (QED) is 0.548. The van der Waals surface area contributed by atoms with Crippen molar-refractivity contribution in [2.24, 2.45) is 0 Å². The lowest BCUT2D eigenvalue weighted by atomic mass is 10.1. The highest BCUT2D eigenvalue weighted by Gasteiger charge is 2.30. The largest absolute Gasteiger partial charge is 0.489 e. The molecule has 0 bridgehead atoms. The summed E-state index contributed by atoms with van der Waals surface area (Å²) in [5, 5.41) is 4.43. The molecule has 1 heterocycles. The Balaban J connectivity index is 1.61. The van der Waals surface area contributed by atoms with E-state index in [0.717, 1.165) is 34.6 Å². The Morgan fingerprint density at radius 2 is 1.79 bits per heavy atom. The first-order valence-electron chi connectivity index (χ1n) is 8.48. The predicted octanol–water partition coefficient (Wildman–Crippen LogP) is 6.22. The molecule has 1 N–H and O–H groups in total.